The van der Waals surface area contributed by atoms with Crippen LogP contribution in [0, 0.1) is 35.0 Å². The number of carboxylic acid groups (broad SMARTS) is 1. The van der Waals surface area contributed by atoms with Gasteiger partial charge in [0.05, 0.1) is 10.6 Å². The van der Waals surface area contributed by atoms with E-state index in [1.165, 1.54) is 4.90 Å². The quantitative estimate of drug-likeness (QED) is 0.567. The molecule has 1 saturated carbocycles. The zero-order chi connectivity index (χ0) is 25.9. The molecule has 1 aliphatic carbocycles. The lowest BCUT2D eigenvalue weighted by molar-refractivity contribution is -0.134. The van der Waals surface area contributed by atoms with E-state index >= 15 is 0 Å². The lowest BCUT2D eigenvalue weighted by Gasteiger charge is -2.35. The third-order valence-electron chi connectivity index (χ3n) is 6.93. The minimum atomic E-state index is -1.13. The van der Waals surface area contributed by atoms with E-state index in [0.717, 1.165) is 43.4 Å². The Morgan fingerprint density at radius 3 is 2.40 bits per heavy atom. The summed E-state index contributed by atoms with van der Waals surface area (Å²) in [5.74, 6) is 5.00. The van der Waals surface area contributed by atoms with Gasteiger partial charge in [0.15, 0.2) is 0 Å². The molecule has 1 aromatic rings. The molecule has 3 rings (SSSR count). The van der Waals surface area contributed by atoms with Crippen LogP contribution in [-0.2, 0) is 9.59 Å². The van der Waals surface area contributed by atoms with Gasteiger partial charge in [0.2, 0.25) is 11.8 Å². The summed E-state index contributed by atoms with van der Waals surface area (Å²) in [6, 6.07) is 0.802. The van der Waals surface area contributed by atoms with Crippen molar-refractivity contribution in [2.45, 2.75) is 72.8 Å². The van der Waals surface area contributed by atoms with Gasteiger partial charge in [-0.3, -0.25) is 14.5 Å². The Morgan fingerprint density at radius 1 is 1.20 bits per heavy atom. The highest BCUT2D eigenvalue weighted by atomic mass is 32.1. The largest absolute Gasteiger partial charge is 0.477 e. The van der Waals surface area contributed by atoms with E-state index in [4.69, 9.17) is 0 Å². The number of anilines is 1. The van der Waals surface area contributed by atoms with Crippen molar-refractivity contribution in [3.05, 3.63) is 15.8 Å². The third kappa shape index (κ3) is 6.65. The Morgan fingerprint density at radius 2 is 1.86 bits per heavy atom. The normalized spacial score (nSPS) is 23.4. The number of carboxylic acids is 1. The fourth-order valence-corrected chi connectivity index (χ4v) is 5.64. The van der Waals surface area contributed by atoms with E-state index in [-0.39, 0.29) is 46.2 Å². The first-order chi connectivity index (χ1) is 16.4. The Bertz CT molecular complexity index is 1010. The van der Waals surface area contributed by atoms with Crippen LogP contribution in [0.3, 0.4) is 0 Å². The van der Waals surface area contributed by atoms with Gasteiger partial charge in [0, 0.05) is 36.9 Å². The number of rotatable bonds is 6. The minimum absolute atomic E-state index is 0.0184. The fraction of sp³-hybridized carbons (Fsp3) is 0.667. The summed E-state index contributed by atoms with van der Waals surface area (Å²) < 4.78 is 0. The first-order valence-corrected chi connectivity index (χ1v) is 13.4. The molecule has 192 valence electrons. The van der Waals surface area contributed by atoms with Crippen LogP contribution in [-0.4, -0.2) is 58.6 Å². The van der Waals surface area contributed by atoms with Crippen molar-refractivity contribution in [2.75, 3.05) is 24.6 Å². The van der Waals surface area contributed by atoms with Crippen molar-refractivity contribution in [1.82, 2.24) is 4.90 Å². The van der Waals surface area contributed by atoms with E-state index in [0.29, 0.717) is 23.9 Å². The molecule has 1 aliphatic heterocycles. The molecule has 0 radical (unpaired) electrons. The topological polar surface area (TPSA) is 98.2 Å². The Balaban J connectivity index is 2.01. The van der Waals surface area contributed by atoms with Crippen LogP contribution in [0.4, 0.5) is 5.69 Å². The second-order valence-electron chi connectivity index (χ2n) is 11.1. The predicted molar refractivity (Wildman–Crippen MR) is 137 cm³/mol. The number of nitrogens with zero attached hydrogens (tertiary/aromatic N) is 2. The van der Waals surface area contributed by atoms with E-state index in [2.05, 4.69) is 18.8 Å². The van der Waals surface area contributed by atoms with Gasteiger partial charge in [0.1, 0.15) is 10.9 Å². The molecule has 7 nitrogen and oxygen atoms in total. The molecule has 8 heteroatoms. The SMILES string of the molecule is CC1CCC(C(=O)N(c2cc(C#CC(C)(C)C)sc2C(=O)O)[C@@H](C)C(=O)N2CC[C@H](CO)C2)CC1. The Kier molecular flexibility index (Phi) is 8.66. The lowest BCUT2D eigenvalue weighted by atomic mass is 9.82. The van der Waals surface area contributed by atoms with Crippen molar-refractivity contribution < 1.29 is 24.6 Å². The summed E-state index contributed by atoms with van der Waals surface area (Å²) in [6.45, 7) is 10.8. The van der Waals surface area contributed by atoms with Crippen LogP contribution < -0.4 is 4.90 Å². The highest BCUT2D eigenvalue weighted by Gasteiger charge is 2.39. The summed E-state index contributed by atoms with van der Waals surface area (Å²) in [4.78, 5) is 43.3. The van der Waals surface area contributed by atoms with Gasteiger partial charge in [0.25, 0.3) is 0 Å². The molecule has 1 saturated heterocycles. The second-order valence-corrected chi connectivity index (χ2v) is 12.1. The molecule has 1 aromatic heterocycles. The molecule has 0 unspecified atom stereocenters. The van der Waals surface area contributed by atoms with Gasteiger partial charge < -0.3 is 15.1 Å². The first-order valence-electron chi connectivity index (χ1n) is 12.5. The number of likely N-dealkylation sites (tertiary alicyclic amines) is 1. The van der Waals surface area contributed by atoms with Crippen molar-refractivity contribution in [2.24, 2.45) is 23.2 Å². The Labute approximate surface area is 212 Å². The van der Waals surface area contributed by atoms with Crippen LogP contribution in [0.2, 0.25) is 0 Å². The van der Waals surface area contributed by atoms with Crippen LogP contribution in [0.15, 0.2) is 6.07 Å². The maximum atomic E-state index is 13.9. The van der Waals surface area contributed by atoms with Gasteiger partial charge in [-0.2, -0.15) is 0 Å². The van der Waals surface area contributed by atoms with E-state index in [1.807, 2.05) is 20.8 Å². The smallest absolute Gasteiger partial charge is 0.348 e. The van der Waals surface area contributed by atoms with Crippen molar-refractivity contribution in [3.8, 4) is 11.8 Å². The van der Waals surface area contributed by atoms with E-state index < -0.39 is 12.0 Å². The summed E-state index contributed by atoms with van der Waals surface area (Å²) in [6.07, 6.45) is 4.06. The van der Waals surface area contributed by atoms with Gasteiger partial charge in [-0.1, -0.05) is 18.8 Å². The maximum Gasteiger partial charge on any atom is 0.348 e. The molecule has 2 heterocycles. The van der Waals surface area contributed by atoms with Crippen LogP contribution in [0.1, 0.15) is 81.3 Å². The summed E-state index contributed by atoms with van der Waals surface area (Å²) in [5.41, 5.74) is -0.00697. The number of hydrogen-bond donors (Lipinski definition) is 2. The molecule has 0 bridgehead atoms. The molecular weight excluding hydrogens is 464 g/mol. The number of aromatic carboxylic acids is 1. The van der Waals surface area contributed by atoms with Crippen molar-refractivity contribution in [1.29, 1.82) is 0 Å². The molecule has 0 aromatic carbocycles. The maximum absolute atomic E-state index is 13.9. The Hall–Kier alpha value is -2.37. The number of hydrogen-bond acceptors (Lipinski definition) is 5. The number of carbonyl (C=O) groups is 3. The average Bonchev–Trinajstić information content (AvgIpc) is 3.45. The zero-order valence-corrected chi connectivity index (χ0v) is 22.3. The molecular formula is C27H38N2O5S. The number of amides is 2. The molecule has 2 amide bonds. The van der Waals surface area contributed by atoms with E-state index in [9.17, 15) is 24.6 Å². The van der Waals surface area contributed by atoms with Gasteiger partial charge >= 0.3 is 5.97 Å². The fourth-order valence-electron chi connectivity index (χ4n) is 4.80. The van der Waals surface area contributed by atoms with Crippen molar-refractivity contribution >= 4 is 34.8 Å². The third-order valence-corrected chi connectivity index (χ3v) is 7.96. The minimum Gasteiger partial charge on any atom is -0.477 e. The van der Waals surface area contributed by atoms with Crippen molar-refractivity contribution in [3.63, 3.8) is 0 Å². The molecule has 2 fully saturated rings. The monoisotopic (exact) mass is 502 g/mol. The summed E-state index contributed by atoms with van der Waals surface area (Å²) in [7, 11) is 0. The summed E-state index contributed by atoms with van der Waals surface area (Å²) in [5, 5.41) is 19.5. The van der Waals surface area contributed by atoms with Gasteiger partial charge in [-0.25, -0.2) is 4.79 Å². The van der Waals surface area contributed by atoms with Crippen LogP contribution in [0.5, 0.6) is 0 Å². The highest BCUT2D eigenvalue weighted by Crippen LogP contribution is 2.37. The lowest BCUT2D eigenvalue weighted by Crippen LogP contribution is -2.51. The highest BCUT2D eigenvalue weighted by molar-refractivity contribution is 7.15. The van der Waals surface area contributed by atoms with Gasteiger partial charge in [-0.05, 0) is 71.8 Å². The first kappa shape index (κ1) is 27.2. The van der Waals surface area contributed by atoms with Crippen LogP contribution >= 0.6 is 11.3 Å². The standard InChI is InChI=1S/C27H38N2O5S/c1-17-6-8-20(9-7-17)25(32)29(18(2)24(31)28-13-11-19(15-28)16-30)22-14-21(10-12-27(3,4)5)35-23(22)26(33)34/h14,17-20,30H,6-9,11,13,15-16H2,1-5H3,(H,33,34)/t17?,18-,19-,20?/m0/s1. The number of carbonyl (C=O) groups excluding carboxylic acids is 2. The van der Waals surface area contributed by atoms with Crippen LogP contribution in [0.25, 0.3) is 0 Å². The molecule has 35 heavy (non-hydrogen) atoms. The predicted octanol–water partition coefficient (Wildman–Crippen LogP) is 4.23. The molecule has 2 atom stereocenters. The number of thiophene rings is 1. The molecule has 0 spiro atoms. The zero-order valence-electron chi connectivity index (χ0n) is 21.5. The number of aliphatic hydroxyl groups excluding tert-OH is 1. The van der Waals surface area contributed by atoms with Gasteiger partial charge in [-0.15, -0.1) is 11.3 Å². The molecule has 2 aliphatic rings. The van der Waals surface area contributed by atoms with E-state index in [1.54, 1.807) is 17.9 Å². The summed E-state index contributed by atoms with van der Waals surface area (Å²) >= 11 is 1.04. The average molecular weight is 503 g/mol. The number of aliphatic hydroxyl groups is 1. The second kappa shape index (κ2) is 11.1. The molecule has 2 N–H and O–H groups in total.